The molecule has 0 fully saturated rings. The molecule has 0 unspecified atom stereocenters. The lowest BCUT2D eigenvalue weighted by molar-refractivity contribution is 1.04. The van der Waals surface area contributed by atoms with Crippen molar-refractivity contribution in [2.45, 2.75) is 19.8 Å². The van der Waals surface area contributed by atoms with Crippen LogP contribution >= 0.6 is 0 Å². The molecule has 0 atom stereocenters. The predicted molar refractivity (Wildman–Crippen MR) is 111 cm³/mol. The van der Waals surface area contributed by atoms with Gasteiger partial charge in [-0.2, -0.15) is 0 Å². The fourth-order valence-corrected chi connectivity index (χ4v) is 3.68. The quantitative estimate of drug-likeness (QED) is 0.424. The van der Waals surface area contributed by atoms with Gasteiger partial charge in [0.2, 0.25) is 0 Å². The average molecular weight is 349 g/mol. The van der Waals surface area contributed by atoms with Crippen LogP contribution in [0.25, 0.3) is 38.8 Å². The molecular weight excluding hydrogens is 330 g/mol. The van der Waals surface area contributed by atoms with Gasteiger partial charge in [0.15, 0.2) is 0 Å². The zero-order valence-corrected chi connectivity index (χ0v) is 15.2. The maximum atomic E-state index is 4.98. The summed E-state index contributed by atoms with van der Waals surface area (Å²) in [6.07, 6.45) is 10.8. The molecule has 3 heteroatoms. The van der Waals surface area contributed by atoms with Crippen molar-refractivity contribution < 1.29 is 0 Å². The molecule has 0 aliphatic heterocycles. The van der Waals surface area contributed by atoms with E-state index in [0.717, 1.165) is 51.7 Å². The van der Waals surface area contributed by atoms with Crippen LogP contribution < -0.4 is 0 Å². The summed E-state index contributed by atoms with van der Waals surface area (Å²) < 4.78 is 0. The molecule has 27 heavy (non-hydrogen) atoms. The zero-order valence-electron chi connectivity index (χ0n) is 15.2. The van der Waals surface area contributed by atoms with Crippen molar-refractivity contribution in [2.75, 3.05) is 0 Å². The molecular formula is C24H19N3. The second-order valence-electron chi connectivity index (χ2n) is 6.88. The fraction of sp³-hybridized carbons (Fsp3) is 0.125. The van der Waals surface area contributed by atoms with Crippen LogP contribution in [-0.4, -0.2) is 15.0 Å². The Balaban J connectivity index is 1.63. The van der Waals surface area contributed by atoms with E-state index >= 15 is 0 Å². The molecule has 5 rings (SSSR count). The second kappa shape index (κ2) is 6.44. The maximum absolute atomic E-state index is 4.98. The summed E-state index contributed by atoms with van der Waals surface area (Å²) >= 11 is 0. The minimum Gasteiger partial charge on any atom is -0.256 e. The Morgan fingerprint density at radius 1 is 0.815 bits per heavy atom. The lowest BCUT2D eigenvalue weighted by atomic mass is 9.98. The molecule has 0 saturated carbocycles. The number of aryl methyl sites for hydroxylation is 1. The Morgan fingerprint density at radius 3 is 2.44 bits per heavy atom. The average Bonchev–Trinajstić information content (AvgIpc) is 2.74. The van der Waals surface area contributed by atoms with E-state index in [-0.39, 0.29) is 0 Å². The van der Waals surface area contributed by atoms with Gasteiger partial charge in [0.1, 0.15) is 0 Å². The minimum atomic E-state index is 0.906. The minimum absolute atomic E-state index is 0.906. The molecule has 0 radical (unpaired) electrons. The van der Waals surface area contributed by atoms with E-state index in [1.807, 2.05) is 31.3 Å². The molecule has 130 valence electrons. The highest BCUT2D eigenvalue weighted by Gasteiger charge is 2.11. The van der Waals surface area contributed by atoms with Crippen molar-refractivity contribution in [1.82, 2.24) is 15.0 Å². The molecule has 2 aromatic heterocycles. The Bertz CT molecular complexity index is 1220. The van der Waals surface area contributed by atoms with E-state index < -0.39 is 0 Å². The van der Waals surface area contributed by atoms with Crippen LogP contribution in [0.3, 0.4) is 0 Å². The summed E-state index contributed by atoms with van der Waals surface area (Å²) in [5, 5.41) is 1.04. The van der Waals surface area contributed by atoms with Crippen LogP contribution in [0.4, 0.5) is 0 Å². The molecule has 2 aromatic carbocycles. The van der Waals surface area contributed by atoms with Gasteiger partial charge in [0.25, 0.3) is 0 Å². The molecule has 0 saturated heterocycles. The molecule has 4 aromatic rings. The van der Waals surface area contributed by atoms with Crippen molar-refractivity contribution >= 4 is 27.5 Å². The van der Waals surface area contributed by atoms with E-state index in [9.17, 15) is 0 Å². The first-order chi connectivity index (χ1) is 13.3. The smallest absolute Gasteiger partial charge is 0.0988 e. The molecule has 0 N–H and O–H groups in total. The molecule has 2 heterocycles. The topological polar surface area (TPSA) is 38.7 Å². The summed E-state index contributed by atoms with van der Waals surface area (Å²) in [6, 6.07) is 16.6. The number of hydrogen-bond acceptors (Lipinski definition) is 3. The highest BCUT2D eigenvalue weighted by molar-refractivity contribution is 6.02. The van der Waals surface area contributed by atoms with E-state index in [1.54, 1.807) is 0 Å². The SMILES string of the molecule is Cc1nc2ccc3ncccc3c2nc1-c1ccc(C2=CCCC=C2)cc1. The molecule has 0 bridgehead atoms. The number of benzene rings is 2. The summed E-state index contributed by atoms with van der Waals surface area (Å²) in [6.45, 7) is 2.02. The van der Waals surface area contributed by atoms with Crippen molar-refractivity contribution in [2.24, 2.45) is 0 Å². The van der Waals surface area contributed by atoms with Gasteiger partial charge in [0, 0.05) is 17.1 Å². The predicted octanol–water partition coefficient (Wildman–Crippen LogP) is 5.89. The van der Waals surface area contributed by atoms with Crippen LogP contribution in [0.2, 0.25) is 0 Å². The van der Waals surface area contributed by atoms with E-state index in [0.29, 0.717) is 0 Å². The Morgan fingerprint density at radius 2 is 1.63 bits per heavy atom. The van der Waals surface area contributed by atoms with Crippen LogP contribution in [0.5, 0.6) is 0 Å². The van der Waals surface area contributed by atoms with Gasteiger partial charge in [-0.15, -0.1) is 0 Å². The van der Waals surface area contributed by atoms with Gasteiger partial charge >= 0.3 is 0 Å². The molecule has 0 spiro atoms. The highest BCUT2D eigenvalue weighted by Crippen LogP contribution is 2.29. The standard InChI is InChI=1S/C24H19N3/c1-16-23(19-11-9-18(10-12-19)17-6-3-2-4-7-17)27-24-20-8-5-15-25-21(20)13-14-22(24)26-16/h3,5-15H,2,4H2,1H3. The Kier molecular flexibility index (Phi) is 3.79. The maximum Gasteiger partial charge on any atom is 0.0988 e. The highest BCUT2D eigenvalue weighted by atomic mass is 14.8. The molecule has 1 aliphatic rings. The van der Waals surface area contributed by atoms with Crippen molar-refractivity contribution in [1.29, 1.82) is 0 Å². The van der Waals surface area contributed by atoms with E-state index in [4.69, 9.17) is 9.97 Å². The van der Waals surface area contributed by atoms with Crippen molar-refractivity contribution in [3.8, 4) is 11.3 Å². The van der Waals surface area contributed by atoms with Gasteiger partial charge < -0.3 is 0 Å². The Hall–Kier alpha value is -3.33. The summed E-state index contributed by atoms with van der Waals surface area (Å²) in [5.74, 6) is 0. The third kappa shape index (κ3) is 2.81. The van der Waals surface area contributed by atoms with Crippen molar-refractivity contribution in [3.05, 3.63) is 84.2 Å². The summed E-state index contributed by atoms with van der Waals surface area (Å²) in [4.78, 5) is 14.2. The molecule has 3 nitrogen and oxygen atoms in total. The van der Waals surface area contributed by atoms with Crippen molar-refractivity contribution in [3.63, 3.8) is 0 Å². The van der Waals surface area contributed by atoms with Crippen LogP contribution in [0, 0.1) is 6.92 Å². The number of fused-ring (bicyclic) bond motifs is 3. The largest absolute Gasteiger partial charge is 0.256 e. The van der Waals surface area contributed by atoms with Crippen LogP contribution in [0.1, 0.15) is 24.1 Å². The van der Waals surface area contributed by atoms with Crippen LogP contribution in [0.15, 0.2) is 73.0 Å². The first kappa shape index (κ1) is 15.9. The van der Waals surface area contributed by atoms with E-state index in [2.05, 4.69) is 53.5 Å². The number of nitrogens with zero attached hydrogens (tertiary/aromatic N) is 3. The van der Waals surface area contributed by atoms with Gasteiger partial charge in [-0.3, -0.25) is 4.98 Å². The number of allylic oxidation sites excluding steroid dienone is 4. The Labute approximate surface area is 158 Å². The lowest BCUT2D eigenvalue weighted by Crippen LogP contribution is -1.96. The van der Waals surface area contributed by atoms with Crippen LogP contribution in [-0.2, 0) is 0 Å². The van der Waals surface area contributed by atoms with Gasteiger partial charge in [-0.25, -0.2) is 9.97 Å². The fourth-order valence-electron chi connectivity index (χ4n) is 3.68. The normalized spacial score (nSPS) is 13.9. The number of rotatable bonds is 2. The van der Waals surface area contributed by atoms with Gasteiger partial charge in [-0.05, 0) is 55.2 Å². The number of hydrogen-bond donors (Lipinski definition) is 0. The molecule has 1 aliphatic carbocycles. The monoisotopic (exact) mass is 349 g/mol. The third-order valence-corrected chi connectivity index (χ3v) is 5.08. The molecule has 0 amide bonds. The van der Waals surface area contributed by atoms with E-state index in [1.165, 1.54) is 11.1 Å². The second-order valence-corrected chi connectivity index (χ2v) is 6.88. The summed E-state index contributed by atoms with van der Waals surface area (Å²) in [7, 11) is 0. The van der Waals surface area contributed by atoms with Gasteiger partial charge in [-0.1, -0.05) is 42.5 Å². The number of pyridine rings is 1. The zero-order chi connectivity index (χ0) is 18.2. The number of aromatic nitrogens is 3. The first-order valence-corrected chi connectivity index (χ1v) is 9.29. The summed E-state index contributed by atoms with van der Waals surface area (Å²) in [5.41, 5.74) is 8.26. The van der Waals surface area contributed by atoms with Gasteiger partial charge in [0.05, 0.1) is 27.9 Å². The lowest BCUT2D eigenvalue weighted by Gasteiger charge is -2.11. The first-order valence-electron chi connectivity index (χ1n) is 9.29. The third-order valence-electron chi connectivity index (χ3n) is 5.08.